The summed E-state index contributed by atoms with van der Waals surface area (Å²) in [6.45, 7) is 1.99. The Morgan fingerprint density at radius 3 is 2.63 bits per heavy atom. The molecule has 3 aromatic rings. The van der Waals surface area contributed by atoms with Crippen molar-refractivity contribution in [3.8, 4) is 11.3 Å². The molecule has 35 heavy (non-hydrogen) atoms. The molecule has 0 radical (unpaired) electrons. The number of rotatable bonds is 6. The molecule has 1 aromatic carbocycles. The summed E-state index contributed by atoms with van der Waals surface area (Å²) in [7, 11) is 4.93. The van der Waals surface area contributed by atoms with E-state index >= 15 is 0 Å². The maximum atomic E-state index is 14.8. The molecule has 0 bridgehead atoms. The van der Waals surface area contributed by atoms with E-state index in [1.54, 1.807) is 13.1 Å². The summed E-state index contributed by atoms with van der Waals surface area (Å²) in [5.74, 6) is -0.891. The van der Waals surface area contributed by atoms with Gasteiger partial charge in [-0.1, -0.05) is 0 Å². The van der Waals surface area contributed by atoms with E-state index in [-0.39, 0.29) is 29.2 Å². The van der Waals surface area contributed by atoms with E-state index in [2.05, 4.69) is 31.3 Å². The fraction of sp³-hybridized carbons (Fsp3) is 0.348. The van der Waals surface area contributed by atoms with Crippen LogP contribution in [0.25, 0.3) is 11.3 Å². The zero-order valence-corrected chi connectivity index (χ0v) is 19.7. The topological polar surface area (TPSA) is 126 Å². The van der Waals surface area contributed by atoms with Gasteiger partial charge in [-0.05, 0) is 31.9 Å². The number of nitrogens with one attached hydrogen (secondary N) is 3. The summed E-state index contributed by atoms with van der Waals surface area (Å²) in [6.07, 6.45) is 3.02. The number of pyridine rings is 1. The third-order valence-corrected chi connectivity index (χ3v) is 6.21. The average molecular weight is 481 g/mol. The van der Waals surface area contributed by atoms with Crippen LogP contribution < -0.4 is 21.0 Å². The quantitative estimate of drug-likeness (QED) is 0.460. The molecule has 1 aliphatic heterocycles. The monoisotopic (exact) mass is 480 g/mol. The van der Waals surface area contributed by atoms with Crippen LogP contribution in [0, 0.1) is 11.7 Å². The second-order valence-electron chi connectivity index (χ2n) is 8.70. The SMILES string of the molecule is CONC(=O)c1cnc(NC(=O)C2CC2)cc1Nc1cc(F)cc2c1N(C)[C@@H](C)c1nn(C)nc1-2. The van der Waals surface area contributed by atoms with Crippen molar-refractivity contribution in [2.24, 2.45) is 13.0 Å². The average Bonchev–Trinajstić information content (AvgIpc) is 3.59. The zero-order valence-electron chi connectivity index (χ0n) is 19.7. The Balaban J connectivity index is 1.59. The number of aryl methyl sites for hydroxylation is 1. The van der Waals surface area contributed by atoms with E-state index in [0.717, 1.165) is 18.5 Å². The van der Waals surface area contributed by atoms with Crippen molar-refractivity contribution in [3.63, 3.8) is 0 Å². The number of halogens is 1. The lowest BCUT2D eigenvalue weighted by Gasteiger charge is -2.34. The first-order valence-electron chi connectivity index (χ1n) is 11.2. The first-order chi connectivity index (χ1) is 16.8. The molecule has 11 nitrogen and oxygen atoms in total. The summed E-state index contributed by atoms with van der Waals surface area (Å²) in [5.41, 5.74) is 5.78. The maximum Gasteiger partial charge on any atom is 0.278 e. The van der Waals surface area contributed by atoms with Gasteiger partial charge in [0.05, 0.1) is 35.8 Å². The fourth-order valence-electron chi connectivity index (χ4n) is 4.20. The highest BCUT2D eigenvalue weighted by atomic mass is 19.1. The van der Waals surface area contributed by atoms with E-state index < -0.39 is 11.7 Å². The first-order valence-corrected chi connectivity index (χ1v) is 11.2. The van der Waals surface area contributed by atoms with Crippen LogP contribution in [0.5, 0.6) is 0 Å². The number of benzene rings is 1. The first kappa shape index (κ1) is 22.7. The number of anilines is 4. The fourth-order valence-corrected chi connectivity index (χ4v) is 4.20. The molecule has 2 amide bonds. The van der Waals surface area contributed by atoms with Crippen LogP contribution in [0.3, 0.4) is 0 Å². The van der Waals surface area contributed by atoms with Crippen molar-refractivity contribution < 1.29 is 18.8 Å². The highest BCUT2D eigenvalue weighted by Crippen LogP contribution is 2.47. The Hall–Kier alpha value is -4.06. The molecule has 0 spiro atoms. The molecule has 12 heteroatoms. The van der Waals surface area contributed by atoms with Gasteiger partial charge in [0, 0.05) is 37.8 Å². The van der Waals surface area contributed by atoms with E-state index in [1.807, 2.05) is 18.9 Å². The van der Waals surface area contributed by atoms with Gasteiger partial charge in [0.25, 0.3) is 5.91 Å². The Labute approximate surface area is 200 Å². The number of nitrogens with zero attached hydrogens (tertiary/aromatic N) is 5. The number of hydroxylamine groups is 1. The van der Waals surface area contributed by atoms with Gasteiger partial charge in [-0.15, -0.1) is 0 Å². The predicted octanol–water partition coefficient (Wildman–Crippen LogP) is 2.91. The second kappa shape index (κ2) is 8.62. The molecule has 3 N–H and O–H groups in total. The molecule has 0 saturated heterocycles. The van der Waals surface area contributed by atoms with Crippen LogP contribution in [-0.2, 0) is 16.7 Å². The Morgan fingerprint density at radius 2 is 1.91 bits per heavy atom. The number of hydrogen-bond acceptors (Lipinski definition) is 8. The van der Waals surface area contributed by atoms with Gasteiger partial charge in [-0.2, -0.15) is 15.0 Å². The van der Waals surface area contributed by atoms with E-state index in [0.29, 0.717) is 28.3 Å². The minimum Gasteiger partial charge on any atom is -0.364 e. The molecular weight excluding hydrogens is 455 g/mol. The van der Waals surface area contributed by atoms with Gasteiger partial charge >= 0.3 is 0 Å². The third-order valence-electron chi connectivity index (χ3n) is 6.21. The lowest BCUT2D eigenvalue weighted by atomic mass is 9.96. The molecular formula is C23H25FN8O3. The van der Waals surface area contributed by atoms with E-state index in [4.69, 9.17) is 4.84 Å². The molecule has 1 fully saturated rings. The molecule has 1 atom stereocenters. The van der Waals surface area contributed by atoms with Gasteiger partial charge < -0.3 is 15.5 Å². The summed E-state index contributed by atoms with van der Waals surface area (Å²) >= 11 is 0. The number of aromatic nitrogens is 4. The second-order valence-corrected chi connectivity index (χ2v) is 8.70. The molecule has 5 rings (SSSR count). The van der Waals surface area contributed by atoms with E-state index in [9.17, 15) is 14.0 Å². The van der Waals surface area contributed by atoms with Crippen LogP contribution in [0.15, 0.2) is 24.4 Å². The Kier molecular flexibility index (Phi) is 5.59. The van der Waals surface area contributed by atoms with Crippen molar-refractivity contribution in [2.45, 2.75) is 25.8 Å². The lowest BCUT2D eigenvalue weighted by molar-refractivity contribution is -0.117. The Bertz CT molecular complexity index is 1340. The summed E-state index contributed by atoms with van der Waals surface area (Å²) in [4.78, 5) is 37.3. The summed E-state index contributed by atoms with van der Waals surface area (Å²) in [5, 5.41) is 14.9. The van der Waals surface area contributed by atoms with Gasteiger partial charge in [0.15, 0.2) is 0 Å². The predicted molar refractivity (Wildman–Crippen MR) is 127 cm³/mol. The molecule has 1 saturated carbocycles. The summed E-state index contributed by atoms with van der Waals surface area (Å²) in [6, 6.07) is 4.19. The smallest absolute Gasteiger partial charge is 0.278 e. The van der Waals surface area contributed by atoms with Crippen molar-refractivity contribution >= 4 is 34.7 Å². The van der Waals surface area contributed by atoms with Gasteiger partial charge in [0.1, 0.15) is 23.0 Å². The zero-order chi connectivity index (χ0) is 24.9. The van der Waals surface area contributed by atoms with Crippen molar-refractivity contribution in [1.29, 1.82) is 0 Å². The number of fused-ring (bicyclic) bond motifs is 3. The summed E-state index contributed by atoms with van der Waals surface area (Å²) < 4.78 is 14.8. The standard InChI is InChI=1S/C23H25FN8O3/c1-11-19-20(29-32(3)28-19)14-7-13(24)8-17(21(14)31(11)2)26-16-9-18(27-22(33)12-5-6-12)25-10-15(16)23(34)30-35-4/h7-12H,5-6H2,1-4H3,(H,30,34)(H2,25,26,27,33)/t11-/m0/s1. The van der Waals surface area contributed by atoms with Crippen LogP contribution in [-0.4, -0.2) is 45.9 Å². The number of carbonyl (C=O) groups is 2. The van der Waals surface area contributed by atoms with Crippen LogP contribution in [0.2, 0.25) is 0 Å². The Morgan fingerprint density at radius 1 is 1.14 bits per heavy atom. The normalized spacial score (nSPS) is 16.4. The van der Waals surface area contributed by atoms with Gasteiger partial charge in [-0.3, -0.25) is 14.4 Å². The van der Waals surface area contributed by atoms with E-state index in [1.165, 1.54) is 30.2 Å². The number of amides is 2. The van der Waals surface area contributed by atoms with Crippen LogP contribution >= 0.6 is 0 Å². The third kappa shape index (κ3) is 4.16. The minimum absolute atomic E-state index is 0.0174. The molecule has 2 aromatic heterocycles. The van der Waals surface area contributed by atoms with Crippen LogP contribution in [0.4, 0.5) is 27.3 Å². The molecule has 182 valence electrons. The maximum absolute atomic E-state index is 14.8. The van der Waals surface area contributed by atoms with Crippen molar-refractivity contribution in [3.05, 3.63) is 41.5 Å². The molecule has 1 aliphatic carbocycles. The number of hydrogen-bond donors (Lipinski definition) is 3. The minimum atomic E-state index is -0.550. The number of carbonyl (C=O) groups excluding carboxylic acids is 2. The van der Waals surface area contributed by atoms with Crippen molar-refractivity contribution in [1.82, 2.24) is 25.5 Å². The molecule has 0 unspecified atom stereocenters. The molecule has 2 aliphatic rings. The van der Waals surface area contributed by atoms with Gasteiger partial charge in [-0.25, -0.2) is 14.9 Å². The lowest BCUT2D eigenvalue weighted by Crippen LogP contribution is -2.27. The van der Waals surface area contributed by atoms with Crippen LogP contribution in [0.1, 0.15) is 41.9 Å². The molecule has 3 heterocycles. The highest BCUT2D eigenvalue weighted by Gasteiger charge is 2.33. The largest absolute Gasteiger partial charge is 0.364 e. The van der Waals surface area contributed by atoms with Crippen molar-refractivity contribution in [2.75, 3.05) is 29.7 Å². The van der Waals surface area contributed by atoms with Gasteiger partial charge in [0.2, 0.25) is 5.91 Å². The highest BCUT2D eigenvalue weighted by molar-refractivity contribution is 6.02.